The highest BCUT2D eigenvalue weighted by molar-refractivity contribution is 8.00. The van der Waals surface area contributed by atoms with Gasteiger partial charge in [-0.2, -0.15) is 0 Å². The lowest BCUT2D eigenvalue weighted by Gasteiger charge is -2.36. The van der Waals surface area contributed by atoms with Crippen LogP contribution >= 0.6 is 11.8 Å². The van der Waals surface area contributed by atoms with Gasteiger partial charge in [0, 0.05) is 37.6 Å². The third-order valence-corrected chi connectivity index (χ3v) is 5.16. The largest absolute Gasteiger partial charge is 0.368 e. The maximum atomic E-state index is 11.8. The standard InChI is InChI=1S/C20H24N4OS/c1-2-14-26-16-20(25)22-17-8-9-19(21-15-17)24-12-10-23(11-13-24)18-6-4-3-5-7-18/h2-9,15H,1,10-14,16H2,(H,22,25). The number of carbonyl (C=O) groups excluding carboxylic acids is 1. The quantitative estimate of drug-likeness (QED) is 0.600. The lowest BCUT2D eigenvalue weighted by molar-refractivity contribution is -0.113. The molecule has 26 heavy (non-hydrogen) atoms. The number of anilines is 3. The summed E-state index contributed by atoms with van der Waals surface area (Å²) in [5.41, 5.74) is 2.01. The molecule has 0 atom stereocenters. The van der Waals surface area contributed by atoms with E-state index < -0.39 is 0 Å². The molecule has 1 aromatic carbocycles. The van der Waals surface area contributed by atoms with E-state index >= 15 is 0 Å². The molecule has 1 saturated heterocycles. The van der Waals surface area contributed by atoms with Crippen molar-refractivity contribution in [3.8, 4) is 0 Å². The Morgan fingerprint density at radius 2 is 1.85 bits per heavy atom. The Hall–Kier alpha value is -2.47. The van der Waals surface area contributed by atoms with Gasteiger partial charge < -0.3 is 15.1 Å². The predicted molar refractivity (Wildman–Crippen MR) is 111 cm³/mol. The first-order valence-electron chi connectivity index (χ1n) is 8.76. The molecule has 6 heteroatoms. The maximum Gasteiger partial charge on any atom is 0.234 e. The number of amides is 1. The lowest BCUT2D eigenvalue weighted by Crippen LogP contribution is -2.46. The van der Waals surface area contributed by atoms with Crippen molar-refractivity contribution in [2.45, 2.75) is 0 Å². The fourth-order valence-electron chi connectivity index (χ4n) is 2.91. The number of benzene rings is 1. The molecule has 0 saturated carbocycles. The summed E-state index contributed by atoms with van der Waals surface area (Å²) in [5.74, 6) is 2.15. The molecule has 1 N–H and O–H groups in total. The van der Waals surface area contributed by atoms with Crippen molar-refractivity contribution < 1.29 is 4.79 Å². The summed E-state index contributed by atoms with van der Waals surface area (Å²) in [6, 6.07) is 14.4. The molecule has 1 amide bonds. The van der Waals surface area contributed by atoms with Gasteiger partial charge in [-0.25, -0.2) is 4.98 Å². The Labute approximate surface area is 159 Å². The summed E-state index contributed by atoms with van der Waals surface area (Å²) in [6.45, 7) is 7.47. The minimum absolute atomic E-state index is 0.0112. The molecule has 0 unspecified atom stereocenters. The number of piperazine rings is 1. The number of nitrogens with zero attached hydrogens (tertiary/aromatic N) is 3. The van der Waals surface area contributed by atoms with Crippen molar-refractivity contribution in [2.75, 3.05) is 52.8 Å². The molecule has 1 fully saturated rings. The van der Waals surface area contributed by atoms with Gasteiger partial charge in [-0.15, -0.1) is 18.3 Å². The molecule has 0 bridgehead atoms. The van der Waals surface area contributed by atoms with Crippen molar-refractivity contribution in [3.63, 3.8) is 0 Å². The Morgan fingerprint density at radius 1 is 1.12 bits per heavy atom. The van der Waals surface area contributed by atoms with Gasteiger partial charge in [0.15, 0.2) is 0 Å². The van der Waals surface area contributed by atoms with Crippen molar-refractivity contribution in [1.82, 2.24) is 4.98 Å². The van der Waals surface area contributed by atoms with E-state index in [1.54, 1.807) is 24.0 Å². The van der Waals surface area contributed by atoms with E-state index in [0.717, 1.165) is 43.4 Å². The Balaban J connectivity index is 1.50. The van der Waals surface area contributed by atoms with Gasteiger partial charge in [0.2, 0.25) is 5.91 Å². The van der Waals surface area contributed by atoms with E-state index in [1.807, 2.05) is 18.2 Å². The number of pyridine rings is 1. The number of nitrogens with one attached hydrogen (secondary N) is 1. The molecule has 2 heterocycles. The minimum Gasteiger partial charge on any atom is -0.368 e. The minimum atomic E-state index is -0.0112. The third kappa shape index (κ3) is 5.02. The van der Waals surface area contributed by atoms with Gasteiger partial charge in [-0.1, -0.05) is 24.3 Å². The van der Waals surface area contributed by atoms with E-state index in [0.29, 0.717) is 5.75 Å². The lowest BCUT2D eigenvalue weighted by atomic mass is 10.2. The zero-order chi connectivity index (χ0) is 18.2. The van der Waals surface area contributed by atoms with Gasteiger partial charge in [-0.05, 0) is 24.3 Å². The van der Waals surface area contributed by atoms with Crippen LogP contribution in [0.5, 0.6) is 0 Å². The van der Waals surface area contributed by atoms with E-state index in [4.69, 9.17) is 0 Å². The molecule has 3 rings (SSSR count). The summed E-state index contributed by atoms with van der Waals surface area (Å²) in [6.07, 6.45) is 3.53. The van der Waals surface area contributed by atoms with Gasteiger partial charge in [0.1, 0.15) is 5.82 Å². The van der Waals surface area contributed by atoms with Crippen molar-refractivity contribution in [3.05, 3.63) is 61.3 Å². The van der Waals surface area contributed by atoms with Crippen molar-refractivity contribution >= 4 is 34.9 Å². The molecule has 0 radical (unpaired) electrons. The summed E-state index contributed by atoms with van der Waals surface area (Å²) in [4.78, 5) is 21.0. The smallest absolute Gasteiger partial charge is 0.234 e. The number of thioether (sulfide) groups is 1. The fourth-order valence-corrected chi connectivity index (χ4v) is 3.45. The first-order valence-corrected chi connectivity index (χ1v) is 9.91. The third-order valence-electron chi connectivity index (χ3n) is 4.23. The predicted octanol–water partition coefficient (Wildman–Crippen LogP) is 3.27. The summed E-state index contributed by atoms with van der Waals surface area (Å²) in [5, 5.41) is 2.88. The number of hydrogen-bond donors (Lipinski definition) is 1. The van der Waals surface area contributed by atoms with Crippen molar-refractivity contribution in [2.24, 2.45) is 0 Å². The SMILES string of the molecule is C=CCSCC(=O)Nc1ccc(N2CCN(c3ccccc3)CC2)nc1. The molecule has 1 aliphatic rings. The van der Waals surface area contributed by atoms with Crippen LogP contribution in [0.15, 0.2) is 61.3 Å². The Morgan fingerprint density at radius 3 is 2.50 bits per heavy atom. The number of para-hydroxylation sites is 1. The molecule has 2 aromatic rings. The van der Waals surface area contributed by atoms with E-state index in [1.165, 1.54) is 5.69 Å². The monoisotopic (exact) mass is 368 g/mol. The van der Waals surface area contributed by atoms with Crippen LogP contribution < -0.4 is 15.1 Å². The second-order valence-corrected chi connectivity index (χ2v) is 7.10. The molecular formula is C20H24N4OS. The van der Waals surface area contributed by atoms with Gasteiger partial charge in [0.25, 0.3) is 0 Å². The average molecular weight is 369 g/mol. The molecule has 0 aliphatic carbocycles. The van der Waals surface area contributed by atoms with E-state index in [-0.39, 0.29) is 5.91 Å². The molecular weight excluding hydrogens is 344 g/mol. The summed E-state index contributed by atoms with van der Waals surface area (Å²) in [7, 11) is 0. The molecule has 0 spiro atoms. The van der Waals surface area contributed by atoms with Crippen LogP contribution in [-0.2, 0) is 4.79 Å². The average Bonchev–Trinajstić information content (AvgIpc) is 2.70. The van der Waals surface area contributed by atoms with Crippen LogP contribution in [0, 0.1) is 0 Å². The van der Waals surface area contributed by atoms with Crippen molar-refractivity contribution in [1.29, 1.82) is 0 Å². The van der Waals surface area contributed by atoms with E-state index in [9.17, 15) is 4.79 Å². The van der Waals surface area contributed by atoms with Gasteiger partial charge >= 0.3 is 0 Å². The second kappa shape index (κ2) is 9.29. The fraction of sp³-hybridized carbons (Fsp3) is 0.300. The van der Waals surface area contributed by atoms with Crippen LogP contribution in [0.25, 0.3) is 0 Å². The first-order chi connectivity index (χ1) is 12.8. The normalized spacial score (nSPS) is 14.2. The number of rotatable bonds is 7. The number of carbonyl (C=O) groups is 1. The molecule has 1 aliphatic heterocycles. The second-order valence-electron chi connectivity index (χ2n) is 6.07. The highest BCUT2D eigenvalue weighted by atomic mass is 32.2. The van der Waals surface area contributed by atoms with Crippen LogP contribution in [0.3, 0.4) is 0 Å². The van der Waals surface area contributed by atoms with Crippen LogP contribution in [0.2, 0.25) is 0 Å². The molecule has 136 valence electrons. The zero-order valence-corrected chi connectivity index (χ0v) is 15.6. The Bertz CT molecular complexity index is 712. The van der Waals surface area contributed by atoms with Crippen LogP contribution in [0.4, 0.5) is 17.2 Å². The number of aromatic nitrogens is 1. The maximum absolute atomic E-state index is 11.8. The van der Waals surface area contributed by atoms with Gasteiger partial charge in [0.05, 0.1) is 17.6 Å². The van der Waals surface area contributed by atoms with Gasteiger partial charge in [-0.3, -0.25) is 4.79 Å². The highest BCUT2D eigenvalue weighted by Gasteiger charge is 2.18. The Kier molecular flexibility index (Phi) is 6.55. The van der Waals surface area contributed by atoms with E-state index in [2.05, 4.69) is 50.9 Å². The highest BCUT2D eigenvalue weighted by Crippen LogP contribution is 2.20. The first kappa shape index (κ1) is 18.3. The molecule has 1 aromatic heterocycles. The number of hydrogen-bond acceptors (Lipinski definition) is 5. The molecule has 5 nitrogen and oxygen atoms in total. The van der Waals surface area contributed by atoms with Crippen LogP contribution in [0.1, 0.15) is 0 Å². The zero-order valence-electron chi connectivity index (χ0n) is 14.8. The summed E-state index contributed by atoms with van der Waals surface area (Å²) >= 11 is 1.54. The van der Waals surface area contributed by atoms with Crippen LogP contribution in [-0.4, -0.2) is 48.6 Å². The topological polar surface area (TPSA) is 48.5 Å². The summed E-state index contributed by atoms with van der Waals surface area (Å²) < 4.78 is 0.